The normalized spacial score (nSPS) is 11.2. The van der Waals surface area contributed by atoms with Gasteiger partial charge < -0.3 is 4.74 Å². The van der Waals surface area contributed by atoms with Crippen LogP contribution in [0.25, 0.3) is 0 Å². The van der Waals surface area contributed by atoms with E-state index in [4.69, 9.17) is 4.74 Å². The van der Waals surface area contributed by atoms with Crippen LogP contribution in [0.3, 0.4) is 0 Å². The van der Waals surface area contributed by atoms with Crippen molar-refractivity contribution in [1.82, 2.24) is 0 Å². The maximum atomic E-state index is 12.5. The summed E-state index contributed by atoms with van der Waals surface area (Å²) >= 11 is 0. The first kappa shape index (κ1) is 17.9. The zero-order chi connectivity index (χ0) is 18.6. The van der Waals surface area contributed by atoms with Gasteiger partial charge in [0.25, 0.3) is 0 Å². The van der Waals surface area contributed by atoms with E-state index in [1.807, 2.05) is 48.5 Å². The van der Waals surface area contributed by atoms with Gasteiger partial charge in [0, 0.05) is 6.42 Å². The van der Waals surface area contributed by atoms with Crippen LogP contribution in [0.1, 0.15) is 47.8 Å². The van der Waals surface area contributed by atoms with E-state index in [1.54, 1.807) is 12.1 Å². The van der Waals surface area contributed by atoms with E-state index in [9.17, 15) is 4.79 Å². The molecule has 0 atom stereocenters. The van der Waals surface area contributed by atoms with Crippen LogP contribution in [0.5, 0.6) is 5.75 Å². The van der Waals surface area contributed by atoms with Crippen LogP contribution in [0, 0.1) is 0 Å². The second-order valence-electron chi connectivity index (χ2n) is 7.49. The Bertz CT molecular complexity index is 875. The molecule has 0 fully saturated rings. The largest absolute Gasteiger partial charge is 0.423 e. The molecule has 0 spiro atoms. The van der Waals surface area contributed by atoms with Crippen LogP contribution >= 0.6 is 0 Å². The summed E-state index contributed by atoms with van der Waals surface area (Å²) in [6.07, 6.45) is 0.724. The molecule has 26 heavy (non-hydrogen) atoms. The highest BCUT2D eigenvalue weighted by Crippen LogP contribution is 2.30. The van der Waals surface area contributed by atoms with Gasteiger partial charge in [-0.2, -0.15) is 0 Å². The molecule has 0 amide bonds. The number of rotatable bonds is 4. The maximum Gasteiger partial charge on any atom is 0.343 e. The van der Waals surface area contributed by atoms with Crippen LogP contribution in [-0.4, -0.2) is 5.97 Å². The van der Waals surface area contributed by atoms with E-state index < -0.39 is 0 Å². The lowest BCUT2D eigenvalue weighted by Gasteiger charge is -2.21. The van der Waals surface area contributed by atoms with Crippen LogP contribution in [0.2, 0.25) is 0 Å². The quantitative estimate of drug-likeness (QED) is 0.442. The first-order valence-corrected chi connectivity index (χ1v) is 8.88. The summed E-state index contributed by atoms with van der Waals surface area (Å²) < 4.78 is 5.73. The Morgan fingerprint density at radius 3 is 2.08 bits per heavy atom. The summed E-state index contributed by atoms with van der Waals surface area (Å²) in [6.45, 7) is 6.55. The molecule has 0 aliphatic carbocycles. The molecule has 2 nitrogen and oxygen atoms in total. The minimum atomic E-state index is -0.330. The van der Waals surface area contributed by atoms with Crippen molar-refractivity contribution in [2.75, 3.05) is 0 Å². The Morgan fingerprint density at radius 1 is 0.846 bits per heavy atom. The summed E-state index contributed by atoms with van der Waals surface area (Å²) in [7, 11) is 0. The van der Waals surface area contributed by atoms with Crippen molar-refractivity contribution in [2.45, 2.75) is 32.6 Å². The van der Waals surface area contributed by atoms with Gasteiger partial charge in [0.1, 0.15) is 5.75 Å². The highest BCUT2D eigenvalue weighted by Gasteiger charge is 2.18. The molecule has 3 aromatic carbocycles. The molecule has 0 aliphatic rings. The zero-order valence-corrected chi connectivity index (χ0v) is 15.5. The molecular formula is C24H24O2. The predicted octanol–water partition coefficient (Wildman–Crippen LogP) is 5.79. The molecule has 0 aliphatic heterocycles. The number of hydrogen-bond donors (Lipinski definition) is 0. The van der Waals surface area contributed by atoms with Gasteiger partial charge >= 0.3 is 5.97 Å². The molecule has 0 unspecified atom stereocenters. The molecule has 0 aromatic heterocycles. The Balaban J connectivity index is 1.94. The van der Waals surface area contributed by atoms with Crippen molar-refractivity contribution in [3.63, 3.8) is 0 Å². The third-order valence-electron chi connectivity index (χ3n) is 4.38. The van der Waals surface area contributed by atoms with Gasteiger partial charge in [-0.25, -0.2) is 4.79 Å². The number of hydrogen-bond acceptors (Lipinski definition) is 2. The van der Waals surface area contributed by atoms with E-state index in [2.05, 4.69) is 39.0 Å². The average molecular weight is 344 g/mol. The van der Waals surface area contributed by atoms with E-state index in [1.165, 1.54) is 11.1 Å². The Kier molecular flexibility index (Phi) is 5.22. The number of ether oxygens (including phenoxy) is 1. The van der Waals surface area contributed by atoms with Gasteiger partial charge in [-0.3, -0.25) is 0 Å². The molecule has 0 saturated carbocycles. The van der Waals surface area contributed by atoms with E-state index in [0.29, 0.717) is 11.3 Å². The van der Waals surface area contributed by atoms with Crippen LogP contribution in [0.4, 0.5) is 0 Å². The van der Waals surface area contributed by atoms with Crippen molar-refractivity contribution in [2.24, 2.45) is 0 Å². The zero-order valence-electron chi connectivity index (χ0n) is 15.5. The van der Waals surface area contributed by atoms with Gasteiger partial charge in [0.05, 0.1) is 5.56 Å². The van der Waals surface area contributed by atoms with Gasteiger partial charge in [-0.05, 0) is 40.3 Å². The third kappa shape index (κ3) is 4.40. The Morgan fingerprint density at radius 2 is 1.46 bits per heavy atom. The van der Waals surface area contributed by atoms with E-state index in [-0.39, 0.29) is 11.4 Å². The summed E-state index contributed by atoms with van der Waals surface area (Å²) in [5.41, 5.74) is 4.03. The second-order valence-corrected chi connectivity index (χ2v) is 7.49. The van der Waals surface area contributed by atoms with Crippen LogP contribution in [-0.2, 0) is 11.8 Å². The van der Waals surface area contributed by atoms with Crippen molar-refractivity contribution >= 4 is 5.97 Å². The first-order chi connectivity index (χ1) is 12.4. The predicted molar refractivity (Wildman–Crippen MR) is 106 cm³/mol. The molecule has 0 heterocycles. The summed E-state index contributed by atoms with van der Waals surface area (Å²) in [5.74, 6) is 0.291. The fourth-order valence-electron chi connectivity index (χ4n) is 2.83. The van der Waals surface area contributed by atoms with Gasteiger partial charge in [0.2, 0.25) is 0 Å². The minimum Gasteiger partial charge on any atom is -0.423 e. The van der Waals surface area contributed by atoms with Crippen molar-refractivity contribution in [3.05, 3.63) is 101 Å². The molecular weight excluding hydrogens is 320 g/mol. The lowest BCUT2D eigenvalue weighted by Crippen LogP contribution is -2.14. The van der Waals surface area contributed by atoms with Crippen LogP contribution in [0.15, 0.2) is 78.9 Å². The van der Waals surface area contributed by atoms with Gasteiger partial charge in [-0.1, -0.05) is 81.4 Å². The lowest BCUT2D eigenvalue weighted by atomic mass is 9.85. The van der Waals surface area contributed by atoms with Gasteiger partial charge in [-0.15, -0.1) is 0 Å². The molecule has 0 radical (unpaired) electrons. The van der Waals surface area contributed by atoms with Crippen molar-refractivity contribution < 1.29 is 9.53 Å². The number of esters is 1. The highest BCUT2D eigenvalue weighted by atomic mass is 16.5. The molecule has 0 saturated heterocycles. The van der Waals surface area contributed by atoms with Gasteiger partial charge in [0.15, 0.2) is 0 Å². The van der Waals surface area contributed by atoms with Crippen LogP contribution < -0.4 is 4.74 Å². The molecule has 3 rings (SSSR count). The summed E-state index contributed by atoms with van der Waals surface area (Å²) in [6, 6.07) is 25.4. The summed E-state index contributed by atoms with van der Waals surface area (Å²) in [4.78, 5) is 12.5. The minimum absolute atomic E-state index is 0.0351. The number of carbonyl (C=O) groups excluding carboxylic acids is 1. The maximum absolute atomic E-state index is 12.5. The Labute approximate surface area is 155 Å². The lowest BCUT2D eigenvalue weighted by molar-refractivity contribution is 0.0733. The highest BCUT2D eigenvalue weighted by molar-refractivity contribution is 5.91. The average Bonchev–Trinajstić information content (AvgIpc) is 2.64. The fraction of sp³-hybridized carbons (Fsp3) is 0.208. The molecule has 0 N–H and O–H groups in total. The fourth-order valence-corrected chi connectivity index (χ4v) is 2.83. The first-order valence-electron chi connectivity index (χ1n) is 8.88. The molecule has 132 valence electrons. The monoisotopic (exact) mass is 344 g/mol. The second kappa shape index (κ2) is 7.57. The van der Waals surface area contributed by atoms with E-state index >= 15 is 0 Å². The Hall–Kier alpha value is -2.87. The molecule has 3 aromatic rings. The van der Waals surface area contributed by atoms with Crippen molar-refractivity contribution in [3.8, 4) is 5.75 Å². The van der Waals surface area contributed by atoms with E-state index in [0.717, 1.165) is 12.0 Å². The standard InChI is InChI=1S/C24H24O2/c1-24(2,3)21-14-15-22(26-23(25)19-12-8-5-9-13-19)20(17-21)16-18-10-6-4-7-11-18/h4-15,17H,16H2,1-3H3. The number of carbonyl (C=O) groups is 1. The smallest absolute Gasteiger partial charge is 0.343 e. The topological polar surface area (TPSA) is 26.3 Å². The molecule has 2 heteroatoms. The summed E-state index contributed by atoms with van der Waals surface area (Å²) in [5, 5.41) is 0. The van der Waals surface area contributed by atoms with Crippen molar-refractivity contribution in [1.29, 1.82) is 0 Å². The SMILES string of the molecule is CC(C)(C)c1ccc(OC(=O)c2ccccc2)c(Cc2ccccc2)c1. The third-order valence-corrected chi connectivity index (χ3v) is 4.38. The number of benzene rings is 3. The molecule has 0 bridgehead atoms.